The summed E-state index contributed by atoms with van der Waals surface area (Å²) in [5, 5.41) is 86.1. The van der Waals surface area contributed by atoms with Crippen LogP contribution in [-0.4, -0.2) is 209 Å². The van der Waals surface area contributed by atoms with Gasteiger partial charge in [0.2, 0.25) is 0 Å². The summed E-state index contributed by atoms with van der Waals surface area (Å²) in [5.41, 5.74) is 4.37. The maximum absolute atomic E-state index is 12.8. The average Bonchev–Trinajstić information content (AvgIpc) is 3.34. The number of ether oxygens (including phenoxy) is 9. The van der Waals surface area contributed by atoms with E-state index in [1.165, 1.54) is 6.08 Å². The Labute approximate surface area is 453 Å². The van der Waals surface area contributed by atoms with Gasteiger partial charge in [-0.2, -0.15) is 0 Å². The molecule has 26 atom stereocenters. The van der Waals surface area contributed by atoms with E-state index in [1.807, 2.05) is 13.1 Å². The van der Waals surface area contributed by atoms with Crippen LogP contribution in [0, 0.1) is 34.5 Å². The number of aromatic amines is 1. The van der Waals surface area contributed by atoms with Crippen LogP contribution in [-0.2, 0) is 62.9 Å². The number of nitrogens with one attached hydrogen (secondary N) is 1. The summed E-state index contributed by atoms with van der Waals surface area (Å²) < 4.78 is 72.6. The van der Waals surface area contributed by atoms with E-state index < -0.39 is 142 Å². The second-order valence-corrected chi connectivity index (χ2v) is 24.9. The van der Waals surface area contributed by atoms with Crippen LogP contribution in [0.2, 0.25) is 0 Å². The number of aliphatic hydroxyl groups is 8. The number of phosphoric acid groups is 1. The van der Waals surface area contributed by atoms with Crippen LogP contribution in [0.1, 0.15) is 111 Å². The molecular formula is C52H84N3O22P. The number of cyclic esters (lactones) is 1. The number of H-pyrrole nitrogens is 1. The van der Waals surface area contributed by atoms with Gasteiger partial charge in [0, 0.05) is 43.4 Å². The molecule has 1 aromatic rings. The van der Waals surface area contributed by atoms with Gasteiger partial charge in [0.1, 0.15) is 49.3 Å². The molecular weight excluding hydrogens is 1050 g/mol. The monoisotopic (exact) mass is 1130 g/mol. The van der Waals surface area contributed by atoms with Crippen LogP contribution in [0.3, 0.4) is 0 Å². The van der Waals surface area contributed by atoms with Crippen molar-refractivity contribution in [2.75, 3.05) is 19.8 Å². The highest BCUT2D eigenvalue weighted by molar-refractivity contribution is 7.46. The van der Waals surface area contributed by atoms with E-state index in [4.69, 9.17) is 52.9 Å². The quantitative estimate of drug-likeness (QED) is 0.0666. The summed E-state index contributed by atoms with van der Waals surface area (Å²) >= 11 is 0. The normalized spacial score (nSPS) is 48.6. The second kappa shape index (κ2) is 24.2. The molecule has 9 aliphatic rings. The summed E-state index contributed by atoms with van der Waals surface area (Å²) in [7, 11) is -5.01. The van der Waals surface area contributed by atoms with Gasteiger partial charge in [-0.15, -0.1) is 0 Å². The second-order valence-electron chi connectivity index (χ2n) is 23.8. The topological polar surface area (TPSA) is 383 Å². The van der Waals surface area contributed by atoms with Crippen molar-refractivity contribution in [1.82, 2.24) is 9.97 Å². The van der Waals surface area contributed by atoms with Crippen LogP contribution < -0.4 is 5.73 Å². The van der Waals surface area contributed by atoms with Crippen molar-refractivity contribution < 1.29 is 107 Å². The predicted molar refractivity (Wildman–Crippen MR) is 268 cm³/mol. The molecule has 78 heavy (non-hydrogen) atoms. The molecule has 0 amide bonds. The lowest BCUT2D eigenvalue weighted by Gasteiger charge is -2.66. The first-order valence-electron chi connectivity index (χ1n) is 27.8. The van der Waals surface area contributed by atoms with Crippen molar-refractivity contribution in [1.29, 1.82) is 0 Å². The van der Waals surface area contributed by atoms with Gasteiger partial charge >= 0.3 is 13.8 Å². The van der Waals surface area contributed by atoms with Crippen LogP contribution >= 0.6 is 7.82 Å². The molecule has 25 nitrogen and oxygen atoms in total. The number of rotatable bonds is 14. The fraction of sp³-hybridized carbons (Fsp3) is 0.885. The molecule has 4 saturated heterocycles. The van der Waals surface area contributed by atoms with E-state index in [1.54, 1.807) is 27.1 Å². The lowest BCUT2D eigenvalue weighted by molar-refractivity contribution is -0.355. The Hall–Kier alpha value is -2.15. The Balaban J connectivity index is 0.000000848. The maximum atomic E-state index is 12.8. The zero-order valence-electron chi connectivity index (χ0n) is 45.0. The summed E-state index contributed by atoms with van der Waals surface area (Å²) in [6.07, 6.45) is -8.92. The minimum Gasteiger partial charge on any atom is -0.458 e. The molecule has 1 aromatic heterocycles. The highest BCUT2D eigenvalue weighted by atomic mass is 31.2. The van der Waals surface area contributed by atoms with Crippen molar-refractivity contribution in [2.24, 2.45) is 40.2 Å². The number of nitrogens with zero attached hydrogens (tertiary/aromatic N) is 1. The van der Waals surface area contributed by atoms with E-state index in [2.05, 4.69) is 16.9 Å². The molecule has 0 spiro atoms. The molecule has 444 valence electrons. The molecule has 26 heteroatoms. The summed E-state index contributed by atoms with van der Waals surface area (Å²) in [6, 6.07) is 0. The lowest BCUT2D eigenvalue weighted by atomic mass is 9.42. The number of phosphoric ester groups is 1. The van der Waals surface area contributed by atoms with Crippen LogP contribution in [0.25, 0.3) is 0 Å². The van der Waals surface area contributed by atoms with E-state index in [0.29, 0.717) is 45.1 Å². The largest absolute Gasteiger partial charge is 0.470 e. The zero-order chi connectivity index (χ0) is 56.2. The number of carbonyl (C=O) groups is 1. The smallest absolute Gasteiger partial charge is 0.458 e. The van der Waals surface area contributed by atoms with E-state index in [-0.39, 0.29) is 61.1 Å². The Morgan fingerprint density at radius 3 is 1.87 bits per heavy atom. The third-order valence-corrected chi connectivity index (χ3v) is 19.8. The van der Waals surface area contributed by atoms with Crippen molar-refractivity contribution in [3.63, 3.8) is 0 Å². The van der Waals surface area contributed by atoms with E-state index in [0.717, 1.165) is 30.5 Å². The van der Waals surface area contributed by atoms with Gasteiger partial charge in [-0.3, -0.25) is 4.52 Å². The summed E-state index contributed by atoms with van der Waals surface area (Å²) in [5.74, 6) is -0.948. The van der Waals surface area contributed by atoms with Gasteiger partial charge in [0.05, 0.1) is 73.1 Å². The van der Waals surface area contributed by atoms with Gasteiger partial charge < -0.3 is 104 Å². The van der Waals surface area contributed by atoms with E-state index in [9.17, 15) is 60.0 Å². The number of nitrogens with two attached hydrogens (primary N) is 1. The molecule has 8 fully saturated rings. The fourth-order valence-electron chi connectivity index (χ4n) is 15.3. The van der Waals surface area contributed by atoms with Crippen molar-refractivity contribution in [2.45, 2.75) is 234 Å². The van der Waals surface area contributed by atoms with Gasteiger partial charge in [0.15, 0.2) is 25.2 Å². The standard InChI is InChI=1S/C47H75O22P.C5H9N3/c1-20-41(66-36-16-30(50)42(21(2)62-36)67-37-17-31(51)43(22(3)63-37)68-44-40(56)39(55)38(54)32(18-48)65-44)29(49)15-35(61-20)64-25-8-10-45(4)24(13-25)6-7-27-28(45)14-33(52)46(5)26(23-12-34(53)60-19-23)9-11-47(27,46)69-70(57,58)59;6-2-1-5-3-7-4-8-5/h12,20-22,24-33,35-44,48-52,54-56H,6-11,13-19H2,1-5H3,(H2,57,58,59);3-4H,1-2,6H2,(H,7,8)/t20-,21-,22-,24-,25+,26-,27-,28+,29+,30+,31+,32-,33-,35+,36+,37+,38-,39+,40-,41-,42-,43-,44+,45+,46+,47+;/m1./s1. The number of hydrogen-bond donors (Lipinski definition) is 12. The Kier molecular flexibility index (Phi) is 18.8. The number of fused-ring (bicyclic) bond motifs is 5. The first-order valence-corrected chi connectivity index (χ1v) is 29.3. The average molecular weight is 1130 g/mol. The molecule has 10 rings (SSSR count). The minimum atomic E-state index is -5.01. The van der Waals surface area contributed by atoms with Crippen LogP contribution in [0.5, 0.6) is 0 Å². The van der Waals surface area contributed by atoms with Gasteiger partial charge in [0.25, 0.3) is 0 Å². The summed E-state index contributed by atoms with van der Waals surface area (Å²) in [6.45, 7) is 9.29. The summed E-state index contributed by atoms with van der Waals surface area (Å²) in [4.78, 5) is 39.7. The van der Waals surface area contributed by atoms with Gasteiger partial charge in [-0.05, 0) is 113 Å². The molecule has 4 saturated carbocycles. The van der Waals surface area contributed by atoms with Gasteiger partial charge in [-0.25, -0.2) is 14.3 Å². The SMILES string of the molecule is C[C@H]1O[C@@H](O[C@H]2CC[C@@]3(C)[C@H](CC[C@@H]4[C@@H]3C[C@@H](O)[C@]3(C)[C@@H](C5=CC(=O)OC5)CC[C@]43OP(=O)(O)O)C2)C[C@H](O)[C@@H]1O[C@H]1C[C@H](O)[C@H](O[C@H]2C[C@H](O)[C@H](O[C@@H]3O[C@H](CO)[C@@H](O)[C@H](O)[C@H]3O)[C@@H](C)O2)[C@@H](C)O1.NCCc1c[nH]cn1. The Bertz CT molecular complexity index is 2210. The van der Waals surface area contributed by atoms with Crippen LogP contribution in [0.15, 0.2) is 24.2 Å². The van der Waals surface area contributed by atoms with E-state index >= 15 is 0 Å². The van der Waals surface area contributed by atoms with Crippen molar-refractivity contribution >= 4 is 13.8 Å². The minimum absolute atomic E-state index is 0.0138. The number of aromatic nitrogens is 2. The first kappa shape index (κ1) is 60.4. The van der Waals surface area contributed by atoms with Crippen molar-refractivity contribution in [3.05, 3.63) is 29.9 Å². The highest BCUT2D eigenvalue weighted by Gasteiger charge is 2.73. The number of imidazole rings is 1. The first-order chi connectivity index (χ1) is 36.9. The number of aliphatic hydroxyl groups excluding tert-OH is 8. The molecule has 4 aliphatic carbocycles. The molecule has 0 unspecified atom stereocenters. The van der Waals surface area contributed by atoms with Gasteiger partial charge in [-0.1, -0.05) is 13.8 Å². The Morgan fingerprint density at radius 1 is 0.744 bits per heavy atom. The van der Waals surface area contributed by atoms with Crippen LogP contribution in [0.4, 0.5) is 0 Å². The molecule has 5 aliphatic heterocycles. The third kappa shape index (κ3) is 12.0. The predicted octanol–water partition coefficient (Wildman–Crippen LogP) is 0.0702. The number of esters is 1. The maximum Gasteiger partial charge on any atom is 0.470 e. The number of carbonyl (C=O) groups excluding carboxylic acids is 1. The highest BCUT2D eigenvalue weighted by Crippen LogP contribution is 2.73. The molecule has 0 aromatic carbocycles. The third-order valence-electron chi connectivity index (χ3n) is 19.3. The molecule has 6 heterocycles. The lowest BCUT2D eigenvalue weighted by Crippen LogP contribution is -2.67. The Morgan fingerprint density at radius 2 is 1.35 bits per heavy atom. The number of hydrogen-bond acceptors (Lipinski definition) is 22. The molecule has 0 bridgehead atoms. The fourth-order valence-corrected chi connectivity index (χ4v) is 16.1. The molecule has 0 radical (unpaired) electrons. The van der Waals surface area contributed by atoms with Crippen molar-refractivity contribution in [3.8, 4) is 0 Å². The zero-order valence-corrected chi connectivity index (χ0v) is 45.9. The molecule has 13 N–H and O–H groups in total.